The number of halogens is 1. The Labute approximate surface area is 299 Å². The summed E-state index contributed by atoms with van der Waals surface area (Å²) < 4.78 is 37.5. The van der Waals surface area contributed by atoms with Gasteiger partial charge in [-0.3, -0.25) is 13.9 Å². The molecule has 11 heteroatoms. The maximum absolute atomic E-state index is 14.7. The molecule has 0 bridgehead atoms. The highest BCUT2D eigenvalue weighted by Gasteiger charge is 2.43. The van der Waals surface area contributed by atoms with Crippen LogP contribution >= 0.6 is 27.3 Å². The number of para-hydroxylation sites is 2. The normalized spacial score (nSPS) is 16.1. The van der Waals surface area contributed by atoms with Crippen molar-refractivity contribution in [3.05, 3.63) is 110 Å². The second kappa shape index (κ2) is 13.4. The minimum absolute atomic E-state index is 0.0561. The van der Waals surface area contributed by atoms with Gasteiger partial charge in [-0.1, -0.05) is 42.5 Å². The summed E-state index contributed by atoms with van der Waals surface area (Å²) in [7, 11) is -4.04. The summed E-state index contributed by atoms with van der Waals surface area (Å²) in [5.41, 5.74) is 3.72. The Morgan fingerprint density at radius 2 is 1.67 bits per heavy atom. The Morgan fingerprint density at radius 1 is 0.959 bits per heavy atom. The highest BCUT2D eigenvalue weighted by Crippen LogP contribution is 2.44. The highest BCUT2D eigenvalue weighted by molar-refractivity contribution is 9.10. The van der Waals surface area contributed by atoms with Gasteiger partial charge >= 0.3 is 0 Å². The molecule has 3 aromatic carbocycles. The number of nitrogens with zero attached hydrogens (tertiary/aromatic N) is 3. The van der Waals surface area contributed by atoms with Gasteiger partial charge in [0.05, 0.1) is 16.3 Å². The van der Waals surface area contributed by atoms with Gasteiger partial charge in [-0.15, -0.1) is 11.3 Å². The summed E-state index contributed by atoms with van der Waals surface area (Å²) in [6, 6.07) is 24.4. The lowest BCUT2D eigenvalue weighted by molar-refractivity contribution is 0.0768. The summed E-state index contributed by atoms with van der Waals surface area (Å²) in [6.07, 6.45) is 3.34. The number of carbonyl (C=O) groups is 2. The van der Waals surface area contributed by atoms with Crippen LogP contribution in [0.5, 0.6) is 0 Å². The monoisotopic (exact) mass is 759 g/mol. The number of amides is 1. The molecular formula is C38H38BrN3O5S2. The van der Waals surface area contributed by atoms with Gasteiger partial charge in [0.1, 0.15) is 10.5 Å². The smallest absolute Gasteiger partial charge is 0.265 e. The quantitative estimate of drug-likeness (QED) is 0.140. The zero-order chi connectivity index (χ0) is 34.3. The predicted molar refractivity (Wildman–Crippen MR) is 198 cm³/mol. The van der Waals surface area contributed by atoms with Gasteiger partial charge in [0, 0.05) is 55.1 Å². The third-order valence-corrected chi connectivity index (χ3v) is 13.7. The van der Waals surface area contributed by atoms with Crippen LogP contribution in [0, 0.1) is 12.3 Å². The van der Waals surface area contributed by atoms with E-state index in [1.807, 2.05) is 70.9 Å². The van der Waals surface area contributed by atoms with Crippen molar-refractivity contribution in [2.45, 2.75) is 44.4 Å². The Bertz CT molecular complexity index is 2130. The number of aryl methyl sites for hydroxylation is 1. The molecule has 2 aliphatic rings. The third kappa shape index (κ3) is 6.44. The molecule has 0 atom stereocenters. The predicted octanol–water partition coefficient (Wildman–Crippen LogP) is 8.34. The first-order valence-electron chi connectivity index (χ1n) is 16.5. The second-order valence-corrected chi connectivity index (χ2v) is 16.8. The molecule has 49 heavy (non-hydrogen) atoms. The molecule has 2 aliphatic heterocycles. The number of furan rings is 1. The van der Waals surface area contributed by atoms with Crippen LogP contribution in [0.4, 0.5) is 11.4 Å². The Balaban J connectivity index is 1.18. The van der Waals surface area contributed by atoms with Crippen molar-refractivity contribution in [2.24, 2.45) is 5.41 Å². The molecule has 1 spiro atoms. The van der Waals surface area contributed by atoms with Gasteiger partial charge in [-0.2, -0.15) is 0 Å². The molecule has 0 radical (unpaired) electrons. The summed E-state index contributed by atoms with van der Waals surface area (Å²) in [5, 5.41) is 2.54. The third-order valence-electron chi connectivity index (χ3n) is 10.1. The van der Waals surface area contributed by atoms with Crippen molar-refractivity contribution in [3.8, 4) is 0 Å². The number of rotatable bonds is 9. The van der Waals surface area contributed by atoms with E-state index < -0.39 is 10.0 Å². The van der Waals surface area contributed by atoms with Gasteiger partial charge in [0.2, 0.25) is 0 Å². The Hall–Kier alpha value is -3.93. The molecule has 4 heterocycles. The molecule has 8 nitrogen and oxygen atoms in total. The number of likely N-dealkylation sites (tertiary alicyclic amines) is 1. The van der Waals surface area contributed by atoms with E-state index in [0.717, 1.165) is 66.0 Å². The number of hydrogen-bond donors (Lipinski definition) is 0. The summed E-state index contributed by atoms with van der Waals surface area (Å²) in [5.74, 6) is 0.132. The van der Waals surface area contributed by atoms with E-state index in [1.54, 1.807) is 25.1 Å². The van der Waals surface area contributed by atoms with Crippen LogP contribution in [0.25, 0.3) is 11.0 Å². The number of carbonyl (C=O) groups excluding carboxylic acids is 2. The maximum atomic E-state index is 14.7. The number of piperidine rings is 1. The second-order valence-electron chi connectivity index (χ2n) is 13.1. The highest BCUT2D eigenvalue weighted by atomic mass is 79.9. The maximum Gasteiger partial charge on any atom is 0.265 e. The molecule has 5 aromatic rings. The minimum Gasteiger partial charge on any atom is -0.453 e. The number of ketones is 1. The van der Waals surface area contributed by atoms with E-state index in [9.17, 15) is 18.0 Å². The molecule has 7 rings (SSSR count). The molecular weight excluding hydrogens is 722 g/mol. The van der Waals surface area contributed by atoms with Crippen LogP contribution in [0.2, 0.25) is 0 Å². The number of Topliss-reactive ketones (excluding diaryl/α,β-unsaturated/α-hetero) is 1. The zero-order valence-electron chi connectivity index (χ0n) is 27.5. The van der Waals surface area contributed by atoms with E-state index in [2.05, 4.69) is 20.8 Å². The number of hydrogen-bond acceptors (Lipinski definition) is 7. The van der Waals surface area contributed by atoms with Gasteiger partial charge in [0.15, 0.2) is 11.5 Å². The molecule has 2 fully saturated rings. The summed E-state index contributed by atoms with van der Waals surface area (Å²) >= 11 is 4.99. The molecule has 0 saturated carbocycles. The molecule has 254 valence electrons. The summed E-state index contributed by atoms with van der Waals surface area (Å²) in [6.45, 7) is 6.50. The number of benzene rings is 3. The molecule has 2 aromatic heterocycles. The lowest BCUT2D eigenvalue weighted by Crippen LogP contribution is -2.43. The fourth-order valence-corrected chi connectivity index (χ4v) is 10.4. The first kappa shape index (κ1) is 33.6. The SMILES string of the molecule is CC(=O)c1oc2ccc(S(=O)(=O)N(CCc3ccccc3)c3ccccc3N3CCC4(CCN(C(=O)c5sccc5Br)C4)CC3)cc2c1C. The lowest BCUT2D eigenvalue weighted by Gasteiger charge is -2.41. The van der Waals surface area contributed by atoms with E-state index in [4.69, 9.17) is 4.42 Å². The topological polar surface area (TPSA) is 91.1 Å². The van der Waals surface area contributed by atoms with E-state index in [0.29, 0.717) is 28.6 Å². The van der Waals surface area contributed by atoms with Crippen molar-refractivity contribution in [3.63, 3.8) is 0 Å². The van der Waals surface area contributed by atoms with Gasteiger partial charge in [-0.25, -0.2) is 8.42 Å². The Morgan fingerprint density at radius 3 is 2.39 bits per heavy atom. The first-order valence-corrected chi connectivity index (χ1v) is 19.6. The van der Waals surface area contributed by atoms with Crippen molar-refractivity contribution in [1.29, 1.82) is 0 Å². The summed E-state index contributed by atoms with van der Waals surface area (Å²) in [4.78, 5) is 30.6. The van der Waals surface area contributed by atoms with Gasteiger partial charge in [0.25, 0.3) is 15.9 Å². The minimum atomic E-state index is -4.04. The largest absolute Gasteiger partial charge is 0.453 e. The van der Waals surface area contributed by atoms with Crippen molar-refractivity contribution >= 4 is 71.3 Å². The van der Waals surface area contributed by atoms with Crippen LogP contribution in [0.3, 0.4) is 0 Å². The van der Waals surface area contributed by atoms with Crippen LogP contribution in [-0.2, 0) is 16.4 Å². The average molecular weight is 761 g/mol. The fourth-order valence-electron chi connectivity index (χ4n) is 7.34. The standard InChI is InChI=1S/C38H38BrN3O5S2/c1-26-30-24-29(12-13-34(30)47-35(26)27(2)43)49(45,46)42(19-14-28-8-4-3-5-9-28)33-11-7-6-10-32(33)40-20-16-38(17-21-40)18-22-41(25-38)37(44)36-31(39)15-23-48-36/h3-13,15,23-24H,14,16-22,25H2,1-2H3. The van der Waals surface area contributed by atoms with Crippen LogP contribution in [0.15, 0.2) is 98.0 Å². The Kier molecular flexibility index (Phi) is 9.19. The van der Waals surface area contributed by atoms with E-state index in [1.165, 1.54) is 22.6 Å². The van der Waals surface area contributed by atoms with E-state index >= 15 is 0 Å². The number of sulfonamides is 1. The van der Waals surface area contributed by atoms with Crippen LogP contribution in [0.1, 0.15) is 57.5 Å². The number of thiophene rings is 1. The van der Waals surface area contributed by atoms with Crippen LogP contribution < -0.4 is 9.21 Å². The van der Waals surface area contributed by atoms with Crippen molar-refractivity contribution < 1.29 is 22.4 Å². The molecule has 2 saturated heterocycles. The first-order chi connectivity index (χ1) is 23.6. The van der Waals surface area contributed by atoms with Gasteiger partial charge in [-0.05, 0) is 101 Å². The van der Waals surface area contributed by atoms with Crippen LogP contribution in [-0.4, -0.2) is 57.7 Å². The number of fused-ring (bicyclic) bond motifs is 1. The van der Waals surface area contributed by atoms with Gasteiger partial charge < -0.3 is 14.2 Å². The molecule has 0 N–H and O–H groups in total. The molecule has 1 amide bonds. The average Bonchev–Trinajstić information content (AvgIpc) is 3.82. The van der Waals surface area contributed by atoms with Crippen molar-refractivity contribution in [2.75, 3.05) is 41.9 Å². The zero-order valence-corrected chi connectivity index (χ0v) is 30.7. The number of anilines is 2. The molecule has 0 aliphatic carbocycles. The molecule has 0 unspecified atom stereocenters. The van der Waals surface area contributed by atoms with E-state index in [-0.39, 0.29) is 34.3 Å². The van der Waals surface area contributed by atoms with Crippen molar-refractivity contribution in [1.82, 2.24) is 4.90 Å². The fraction of sp³-hybridized carbons (Fsp3) is 0.316. The lowest BCUT2D eigenvalue weighted by atomic mass is 9.77.